The predicted molar refractivity (Wildman–Crippen MR) is 113 cm³/mol. The number of rotatable bonds is 5. The first kappa shape index (κ1) is 19.8. The van der Waals surface area contributed by atoms with Crippen molar-refractivity contribution in [2.24, 2.45) is 5.92 Å². The van der Waals surface area contributed by atoms with Crippen LogP contribution < -0.4 is 4.90 Å². The van der Waals surface area contributed by atoms with E-state index in [-0.39, 0.29) is 24.9 Å². The van der Waals surface area contributed by atoms with Gasteiger partial charge in [0, 0.05) is 24.5 Å². The zero-order chi connectivity index (χ0) is 20.9. The monoisotopic (exact) mass is 401 g/mol. The van der Waals surface area contributed by atoms with Gasteiger partial charge in [-0.05, 0) is 43.3 Å². The summed E-state index contributed by atoms with van der Waals surface area (Å²) in [5.41, 5.74) is 2.32. The molecule has 2 aromatic heterocycles. The highest BCUT2D eigenvalue weighted by atomic mass is 16.5. The normalized spacial score (nSPS) is 21.3. The maximum Gasteiger partial charge on any atom is 0.319 e. The van der Waals surface area contributed by atoms with Crippen molar-refractivity contribution < 1.29 is 14.3 Å². The van der Waals surface area contributed by atoms with Gasteiger partial charge in [0.25, 0.3) is 0 Å². The second-order valence-corrected chi connectivity index (χ2v) is 7.11. The minimum absolute atomic E-state index is 0.160. The van der Waals surface area contributed by atoms with Gasteiger partial charge in [-0.25, -0.2) is 0 Å². The van der Waals surface area contributed by atoms with Crippen molar-refractivity contribution in [3.05, 3.63) is 90.5 Å². The third-order valence-corrected chi connectivity index (χ3v) is 5.31. The highest BCUT2D eigenvalue weighted by molar-refractivity contribution is 6.02. The molecule has 152 valence electrons. The summed E-state index contributed by atoms with van der Waals surface area (Å²) in [5, 5.41) is 0. The van der Waals surface area contributed by atoms with E-state index in [9.17, 15) is 9.59 Å². The molecule has 30 heavy (non-hydrogen) atoms. The number of carbonyl (C=O) groups is 2. The smallest absolute Gasteiger partial charge is 0.319 e. The van der Waals surface area contributed by atoms with E-state index >= 15 is 0 Å². The van der Waals surface area contributed by atoms with Crippen molar-refractivity contribution in [3.63, 3.8) is 0 Å². The van der Waals surface area contributed by atoms with E-state index in [2.05, 4.69) is 14.9 Å². The van der Waals surface area contributed by atoms with Gasteiger partial charge in [0.2, 0.25) is 0 Å². The van der Waals surface area contributed by atoms with Gasteiger partial charge in [-0.1, -0.05) is 30.3 Å². The number of hydrogen-bond donors (Lipinski definition) is 0. The highest BCUT2D eigenvalue weighted by Gasteiger charge is 2.49. The van der Waals surface area contributed by atoms with Crippen LogP contribution in [0, 0.1) is 5.92 Å². The Morgan fingerprint density at radius 2 is 1.60 bits per heavy atom. The average Bonchev–Trinajstić information content (AvgIpc) is 2.80. The molecule has 1 saturated heterocycles. The lowest BCUT2D eigenvalue weighted by atomic mass is 9.80. The van der Waals surface area contributed by atoms with E-state index in [0.29, 0.717) is 5.69 Å². The number of anilines is 1. The Labute approximate surface area is 175 Å². The van der Waals surface area contributed by atoms with Gasteiger partial charge in [0.1, 0.15) is 5.92 Å². The molecule has 3 atom stereocenters. The van der Waals surface area contributed by atoms with Gasteiger partial charge in [-0.3, -0.25) is 19.6 Å². The van der Waals surface area contributed by atoms with Crippen LogP contribution in [0.25, 0.3) is 0 Å². The number of esters is 1. The number of ketones is 1. The van der Waals surface area contributed by atoms with E-state index in [1.54, 1.807) is 19.3 Å². The van der Waals surface area contributed by atoms with Crippen molar-refractivity contribution in [2.45, 2.75) is 25.4 Å². The molecule has 0 N–H and O–H groups in total. The van der Waals surface area contributed by atoms with Crippen LogP contribution in [0.1, 0.15) is 36.8 Å². The Kier molecular flexibility index (Phi) is 5.84. The molecule has 0 saturated carbocycles. The number of nitrogens with zero attached hydrogens (tertiary/aromatic N) is 3. The second-order valence-electron chi connectivity index (χ2n) is 7.11. The van der Waals surface area contributed by atoms with Gasteiger partial charge in [0.05, 0.1) is 30.1 Å². The SMILES string of the molecule is CCOC(=O)C1C(=O)CC(c2ccccn2)N(c2ccccc2)C1c1ccccn1. The number of benzene rings is 1. The zero-order valence-electron chi connectivity index (χ0n) is 16.7. The first-order chi connectivity index (χ1) is 14.7. The van der Waals surface area contributed by atoms with E-state index in [0.717, 1.165) is 11.4 Å². The van der Waals surface area contributed by atoms with Crippen LogP contribution in [0.2, 0.25) is 0 Å². The van der Waals surface area contributed by atoms with E-state index in [4.69, 9.17) is 4.74 Å². The molecule has 6 heteroatoms. The third-order valence-electron chi connectivity index (χ3n) is 5.31. The fraction of sp³-hybridized carbons (Fsp3) is 0.250. The molecule has 0 spiro atoms. The molecule has 6 nitrogen and oxygen atoms in total. The molecule has 3 unspecified atom stereocenters. The predicted octanol–water partition coefficient (Wildman–Crippen LogP) is 3.92. The van der Waals surface area contributed by atoms with E-state index in [1.165, 1.54) is 0 Å². The molecule has 1 aliphatic heterocycles. The average molecular weight is 401 g/mol. The molecule has 0 bridgehead atoms. The Morgan fingerprint density at radius 3 is 2.20 bits per heavy atom. The Morgan fingerprint density at radius 1 is 0.967 bits per heavy atom. The topological polar surface area (TPSA) is 72.4 Å². The lowest BCUT2D eigenvalue weighted by Crippen LogP contribution is -2.49. The van der Waals surface area contributed by atoms with Gasteiger partial charge < -0.3 is 9.64 Å². The van der Waals surface area contributed by atoms with Gasteiger partial charge in [-0.2, -0.15) is 0 Å². The number of para-hydroxylation sites is 1. The molecule has 0 amide bonds. The molecule has 1 aliphatic rings. The molecule has 4 rings (SSSR count). The van der Waals surface area contributed by atoms with Crippen LogP contribution >= 0.6 is 0 Å². The largest absolute Gasteiger partial charge is 0.465 e. The summed E-state index contributed by atoms with van der Waals surface area (Å²) < 4.78 is 5.30. The standard InChI is InChI=1S/C24H23N3O3/c1-2-30-24(29)22-21(28)16-20(18-12-6-8-14-25-18)27(17-10-4-3-5-11-17)23(22)19-13-7-9-15-26-19/h3-15,20,22-23H,2,16H2,1H3. The summed E-state index contributed by atoms with van der Waals surface area (Å²) >= 11 is 0. The minimum Gasteiger partial charge on any atom is -0.465 e. The van der Waals surface area contributed by atoms with Gasteiger partial charge >= 0.3 is 5.97 Å². The molecular weight excluding hydrogens is 378 g/mol. The fourth-order valence-electron chi connectivity index (χ4n) is 4.06. The molecule has 0 aliphatic carbocycles. The van der Waals surface area contributed by atoms with Crippen LogP contribution in [0.15, 0.2) is 79.1 Å². The number of pyridine rings is 2. The van der Waals surface area contributed by atoms with Gasteiger partial charge in [-0.15, -0.1) is 0 Å². The third kappa shape index (κ3) is 3.81. The molecule has 3 aromatic rings. The fourth-order valence-corrected chi connectivity index (χ4v) is 4.06. The number of piperidine rings is 1. The van der Waals surface area contributed by atoms with E-state index in [1.807, 2.05) is 66.7 Å². The number of hydrogen-bond acceptors (Lipinski definition) is 6. The Balaban J connectivity index is 1.90. The van der Waals surface area contributed by atoms with Crippen LogP contribution in [0.4, 0.5) is 5.69 Å². The maximum absolute atomic E-state index is 13.3. The van der Waals surface area contributed by atoms with Crippen molar-refractivity contribution in [1.82, 2.24) is 9.97 Å². The quantitative estimate of drug-likeness (QED) is 0.477. The van der Waals surface area contributed by atoms with Crippen LogP contribution in [-0.4, -0.2) is 28.3 Å². The molecular formula is C24H23N3O3. The summed E-state index contributed by atoms with van der Waals surface area (Å²) in [4.78, 5) is 37.3. The summed E-state index contributed by atoms with van der Waals surface area (Å²) in [6, 6.07) is 20.0. The highest BCUT2D eigenvalue weighted by Crippen LogP contribution is 2.45. The zero-order valence-corrected chi connectivity index (χ0v) is 16.7. The van der Waals surface area contributed by atoms with Crippen LogP contribution in [0.3, 0.4) is 0 Å². The number of Topliss-reactive ketones (excluding diaryl/α,β-unsaturated/α-hetero) is 1. The lowest BCUT2D eigenvalue weighted by Gasteiger charge is -2.45. The first-order valence-electron chi connectivity index (χ1n) is 10.0. The van der Waals surface area contributed by atoms with Crippen LogP contribution in [0.5, 0.6) is 0 Å². The second kappa shape index (κ2) is 8.86. The summed E-state index contributed by atoms with van der Waals surface area (Å²) in [5.74, 6) is -1.63. The van der Waals surface area contributed by atoms with Crippen molar-refractivity contribution >= 4 is 17.4 Å². The molecule has 0 radical (unpaired) electrons. The Hall–Kier alpha value is -3.54. The van der Waals surface area contributed by atoms with Crippen molar-refractivity contribution in [2.75, 3.05) is 11.5 Å². The van der Waals surface area contributed by atoms with Gasteiger partial charge in [0.15, 0.2) is 5.78 Å². The number of ether oxygens (including phenoxy) is 1. The summed E-state index contributed by atoms with van der Waals surface area (Å²) in [6.07, 6.45) is 3.56. The van der Waals surface area contributed by atoms with Crippen LogP contribution in [-0.2, 0) is 14.3 Å². The number of aromatic nitrogens is 2. The summed E-state index contributed by atoms with van der Waals surface area (Å²) in [7, 11) is 0. The molecule has 1 aromatic carbocycles. The first-order valence-corrected chi connectivity index (χ1v) is 10.0. The van der Waals surface area contributed by atoms with Crippen molar-refractivity contribution in [1.29, 1.82) is 0 Å². The maximum atomic E-state index is 13.3. The summed E-state index contributed by atoms with van der Waals surface area (Å²) in [6.45, 7) is 1.96. The van der Waals surface area contributed by atoms with Crippen molar-refractivity contribution in [3.8, 4) is 0 Å². The Bertz CT molecular complexity index is 996. The number of carbonyl (C=O) groups excluding carboxylic acids is 2. The molecule has 3 heterocycles. The lowest BCUT2D eigenvalue weighted by molar-refractivity contribution is -0.154. The minimum atomic E-state index is -0.958. The molecule has 1 fully saturated rings. The van der Waals surface area contributed by atoms with E-state index < -0.39 is 17.9 Å².